The van der Waals surface area contributed by atoms with Crippen molar-refractivity contribution in [2.45, 2.75) is 32.2 Å². The van der Waals surface area contributed by atoms with Gasteiger partial charge < -0.3 is 10.4 Å². The van der Waals surface area contributed by atoms with E-state index in [9.17, 15) is 14.9 Å². The van der Waals surface area contributed by atoms with E-state index in [1.807, 2.05) is 6.92 Å². The Morgan fingerprint density at radius 1 is 1.47 bits per heavy atom. The van der Waals surface area contributed by atoms with Crippen LogP contribution in [-0.4, -0.2) is 22.0 Å². The van der Waals surface area contributed by atoms with Gasteiger partial charge in [-0.05, 0) is 31.4 Å². The average molecular weight is 264 g/mol. The molecule has 1 saturated carbocycles. The Kier molecular flexibility index (Phi) is 3.69. The third-order valence-electron chi connectivity index (χ3n) is 3.52. The van der Waals surface area contributed by atoms with Crippen molar-refractivity contribution in [1.82, 2.24) is 0 Å². The summed E-state index contributed by atoms with van der Waals surface area (Å²) in [4.78, 5) is 21.6. The van der Waals surface area contributed by atoms with E-state index in [4.69, 9.17) is 5.11 Å². The molecule has 2 rings (SSSR count). The van der Waals surface area contributed by atoms with Crippen LogP contribution in [0.15, 0.2) is 18.2 Å². The number of nitro benzene ring substituents is 1. The standard InChI is InChI=1S/C13H16N2O4/c1-8-5-6-12(15(18)19)11(7-8)14-10-4-2-3-9(10)13(16)17/h5-7,9-10,14H,2-4H2,1H3,(H,16,17). The Hall–Kier alpha value is -2.11. The molecule has 0 saturated heterocycles. The maximum absolute atomic E-state index is 11.1. The number of anilines is 1. The largest absolute Gasteiger partial charge is 0.481 e. The lowest BCUT2D eigenvalue weighted by molar-refractivity contribution is -0.384. The highest BCUT2D eigenvalue weighted by Crippen LogP contribution is 2.32. The van der Waals surface area contributed by atoms with Crippen molar-refractivity contribution in [2.24, 2.45) is 5.92 Å². The summed E-state index contributed by atoms with van der Waals surface area (Å²) in [6.07, 6.45) is 2.17. The van der Waals surface area contributed by atoms with E-state index in [2.05, 4.69) is 5.32 Å². The van der Waals surface area contributed by atoms with Gasteiger partial charge >= 0.3 is 5.97 Å². The molecule has 6 heteroatoms. The van der Waals surface area contributed by atoms with Crippen LogP contribution in [0.4, 0.5) is 11.4 Å². The molecule has 102 valence electrons. The highest BCUT2D eigenvalue weighted by atomic mass is 16.6. The lowest BCUT2D eigenvalue weighted by Crippen LogP contribution is -2.30. The van der Waals surface area contributed by atoms with Gasteiger partial charge in [0.1, 0.15) is 5.69 Å². The SMILES string of the molecule is Cc1ccc([N+](=O)[O-])c(NC2CCCC2C(=O)O)c1. The fourth-order valence-corrected chi connectivity index (χ4v) is 2.55. The zero-order chi connectivity index (χ0) is 14.0. The topological polar surface area (TPSA) is 92.5 Å². The molecule has 1 aromatic rings. The molecule has 2 unspecified atom stereocenters. The van der Waals surface area contributed by atoms with Crippen LogP contribution in [0.5, 0.6) is 0 Å². The van der Waals surface area contributed by atoms with Crippen molar-refractivity contribution >= 4 is 17.3 Å². The molecule has 1 fully saturated rings. The fourth-order valence-electron chi connectivity index (χ4n) is 2.55. The number of nitro groups is 1. The van der Waals surface area contributed by atoms with E-state index in [0.29, 0.717) is 12.1 Å². The van der Waals surface area contributed by atoms with Crippen LogP contribution < -0.4 is 5.32 Å². The maximum Gasteiger partial charge on any atom is 0.308 e. The second-order valence-electron chi connectivity index (χ2n) is 4.90. The summed E-state index contributed by atoms with van der Waals surface area (Å²) in [5, 5.41) is 23.1. The van der Waals surface area contributed by atoms with Gasteiger partial charge in [-0.1, -0.05) is 12.5 Å². The molecule has 1 aliphatic rings. The summed E-state index contributed by atoms with van der Waals surface area (Å²) in [5.74, 6) is -1.31. The number of benzene rings is 1. The van der Waals surface area contributed by atoms with E-state index in [0.717, 1.165) is 18.4 Å². The Labute approximate surface area is 110 Å². The Morgan fingerprint density at radius 3 is 2.84 bits per heavy atom. The summed E-state index contributed by atoms with van der Waals surface area (Å²) in [6.45, 7) is 1.85. The molecule has 6 nitrogen and oxygen atoms in total. The van der Waals surface area contributed by atoms with Crippen LogP contribution in [0.25, 0.3) is 0 Å². The number of carbonyl (C=O) groups is 1. The lowest BCUT2D eigenvalue weighted by Gasteiger charge is -2.19. The van der Waals surface area contributed by atoms with Crippen molar-refractivity contribution in [3.05, 3.63) is 33.9 Å². The first-order valence-electron chi connectivity index (χ1n) is 6.23. The molecule has 0 aromatic heterocycles. The summed E-state index contributed by atoms with van der Waals surface area (Å²) in [5.41, 5.74) is 1.29. The van der Waals surface area contributed by atoms with E-state index in [-0.39, 0.29) is 11.7 Å². The first-order valence-corrected chi connectivity index (χ1v) is 6.23. The number of nitrogens with one attached hydrogen (secondary N) is 1. The fraction of sp³-hybridized carbons (Fsp3) is 0.462. The van der Waals surface area contributed by atoms with Crippen molar-refractivity contribution in [1.29, 1.82) is 0 Å². The number of rotatable bonds is 4. The van der Waals surface area contributed by atoms with Gasteiger partial charge in [0.15, 0.2) is 0 Å². The van der Waals surface area contributed by atoms with E-state index in [1.165, 1.54) is 6.07 Å². The van der Waals surface area contributed by atoms with Gasteiger partial charge in [-0.15, -0.1) is 0 Å². The lowest BCUT2D eigenvalue weighted by atomic mass is 10.0. The van der Waals surface area contributed by atoms with E-state index < -0.39 is 16.8 Å². The Bertz CT molecular complexity index is 515. The van der Waals surface area contributed by atoms with Gasteiger partial charge in [0.25, 0.3) is 5.69 Å². The highest BCUT2D eigenvalue weighted by Gasteiger charge is 2.33. The van der Waals surface area contributed by atoms with Gasteiger partial charge in [-0.3, -0.25) is 14.9 Å². The van der Waals surface area contributed by atoms with Crippen LogP contribution in [0.1, 0.15) is 24.8 Å². The average Bonchev–Trinajstić information content (AvgIpc) is 2.76. The third kappa shape index (κ3) is 2.83. The summed E-state index contributed by atoms with van der Waals surface area (Å²) in [6, 6.07) is 4.57. The number of aliphatic carboxylic acids is 1. The number of hydrogen-bond acceptors (Lipinski definition) is 4. The third-order valence-corrected chi connectivity index (χ3v) is 3.52. The number of hydrogen-bond donors (Lipinski definition) is 2. The van der Waals surface area contributed by atoms with Crippen LogP contribution in [0.3, 0.4) is 0 Å². The molecule has 1 aromatic carbocycles. The monoisotopic (exact) mass is 264 g/mol. The van der Waals surface area contributed by atoms with Crippen molar-refractivity contribution in [3.8, 4) is 0 Å². The van der Waals surface area contributed by atoms with Crippen molar-refractivity contribution < 1.29 is 14.8 Å². The number of carboxylic acid groups (broad SMARTS) is 1. The first-order chi connectivity index (χ1) is 8.99. The second-order valence-corrected chi connectivity index (χ2v) is 4.90. The molecule has 0 aliphatic heterocycles. The quantitative estimate of drug-likeness (QED) is 0.644. The number of aryl methyl sites for hydroxylation is 1. The molecule has 0 spiro atoms. The van der Waals surface area contributed by atoms with Gasteiger partial charge in [0.05, 0.1) is 10.8 Å². The maximum atomic E-state index is 11.1. The predicted octanol–water partition coefficient (Wildman–Crippen LogP) is 2.57. The summed E-state index contributed by atoms with van der Waals surface area (Å²) < 4.78 is 0. The second kappa shape index (κ2) is 5.26. The van der Waals surface area contributed by atoms with Crippen molar-refractivity contribution in [3.63, 3.8) is 0 Å². The molecule has 2 N–H and O–H groups in total. The zero-order valence-corrected chi connectivity index (χ0v) is 10.6. The minimum Gasteiger partial charge on any atom is -0.481 e. The minimum atomic E-state index is -0.842. The molecule has 0 heterocycles. The molecule has 0 amide bonds. The van der Waals surface area contributed by atoms with E-state index >= 15 is 0 Å². The van der Waals surface area contributed by atoms with Crippen molar-refractivity contribution in [2.75, 3.05) is 5.32 Å². The molecule has 0 radical (unpaired) electrons. The van der Waals surface area contributed by atoms with Crippen LogP contribution in [0, 0.1) is 23.0 Å². The van der Waals surface area contributed by atoms with Crippen LogP contribution >= 0.6 is 0 Å². The molecule has 19 heavy (non-hydrogen) atoms. The van der Waals surface area contributed by atoms with Gasteiger partial charge in [-0.25, -0.2) is 0 Å². The normalized spacial score (nSPS) is 22.2. The smallest absolute Gasteiger partial charge is 0.308 e. The Morgan fingerprint density at radius 2 is 2.21 bits per heavy atom. The number of nitrogens with zero attached hydrogens (tertiary/aromatic N) is 1. The van der Waals surface area contributed by atoms with Gasteiger partial charge in [0, 0.05) is 12.1 Å². The molecule has 2 atom stereocenters. The zero-order valence-electron chi connectivity index (χ0n) is 10.6. The molecule has 1 aliphatic carbocycles. The molecule has 0 bridgehead atoms. The van der Waals surface area contributed by atoms with Crippen LogP contribution in [0.2, 0.25) is 0 Å². The summed E-state index contributed by atoms with van der Waals surface area (Å²) in [7, 11) is 0. The molecular formula is C13H16N2O4. The predicted molar refractivity (Wildman–Crippen MR) is 70.2 cm³/mol. The van der Waals surface area contributed by atoms with Crippen LogP contribution in [-0.2, 0) is 4.79 Å². The Balaban J connectivity index is 2.25. The van der Waals surface area contributed by atoms with E-state index in [1.54, 1.807) is 12.1 Å². The minimum absolute atomic E-state index is 0.0124. The van der Waals surface area contributed by atoms with Gasteiger partial charge in [0.2, 0.25) is 0 Å². The highest BCUT2D eigenvalue weighted by molar-refractivity contribution is 5.73. The molecular weight excluding hydrogens is 248 g/mol. The summed E-state index contributed by atoms with van der Waals surface area (Å²) >= 11 is 0. The first kappa shape index (κ1) is 13.3. The van der Waals surface area contributed by atoms with Gasteiger partial charge in [-0.2, -0.15) is 0 Å². The number of carboxylic acids is 1.